The number of nitrogens with zero attached hydrogens (tertiary/aromatic N) is 1. The Bertz CT molecular complexity index is 941. The number of hydrogen-bond donors (Lipinski definition) is 1. The first kappa shape index (κ1) is 18.4. The van der Waals surface area contributed by atoms with Crippen molar-refractivity contribution in [3.8, 4) is 16.3 Å². The topological polar surface area (TPSA) is 51.2 Å². The van der Waals surface area contributed by atoms with Crippen LogP contribution in [0, 0.1) is 13.8 Å². The summed E-state index contributed by atoms with van der Waals surface area (Å²) in [5.74, 6) is 0.620. The smallest absolute Gasteiger partial charge is 0.244 e. The van der Waals surface area contributed by atoms with E-state index in [1.54, 1.807) is 35.9 Å². The summed E-state index contributed by atoms with van der Waals surface area (Å²) >= 11 is 3.29. The Morgan fingerprint density at radius 1 is 1.27 bits per heavy atom. The second-order valence-corrected chi connectivity index (χ2v) is 8.04. The van der Waals surface area contributed by atoms with Crippen molar-refractivity contribution in [3.05, 3.63) is 62.8 Å². The Balaban J connectivity index is 1.59. The fraction of sp³-hybridized carbons (Fsp3) is 0.200. The van der Waals surface area contributed by atoms with E-state index in [0.717, 1.165) is 37.3 Å². The highest BCUT2D eigenvalue weighted by Crippen LogP contribution is 2.29. The molecule has 0 aliphatic heterocycles. The first-order valence-corrected chi connectivity index (χ1v) is 9.86. The van der Waals surface area contributed by atoms with E-state index in [1.165, 1.54) is 6.08 Å². The van der Waals surface area contributed by atoms with Gasteiger partial charge >= 0.3 is 0 Å². The van der Waals surface area contributed by atoms with Crippen LogP contribution in [0.5, 0.6) is 5.75 Å². The third-order valence-corrected chi connectivity index (χ3v) is 5.65. The maximum absolute atomic E-state index is 12.1. The maximum atomic E-state index is 12.1. The summed E-state index contributed by atoms with van der Waals surface area (Å²) in [5, 5.41) is 6.03. The summed E-state index contributed by atoms with van der Waals surface area (Å²) in [6, 6.07) is 9.95. The first-order chi connectivity index (χ1) is 12.5. The zero-order valence-corrected chi connectivity index (χ0v) is 16.5. The normalized spacial score (nSPS) is 11.0. The number of nitrogens with one attached hydrogen (secondary N) is 1. The van der Waals surface area contributed by atoms with E-state index < -0.39 is 0 Å². The highest BCUT2D eigenvalue weighted by Gasteiger charge is 2.07. The Morgan fingerprint density at radius 3 is 2.85 bits per heavy atom. The van der Waals surface area contributed by atoms with Crippen LogP contribution >= 0.6 is 22.7 Å². The Labute approximate surface area is 161 Å². The number of aromatic nitrogens is 1. The molecule has 6 heteroatoms. The van der Waals surface area contributed by atoms with Gasteiger partial charge in [-0.1, -0.05) is 11.6 Å². The number of thiophene rings is 1. The number of carbonyl (C=O) groups is 1. The highest BCUT2D eigenvalue weighted by molar-refractivity contribution is 7.16. The molecule has 1 aromatic carbocycles. The van der Waals surface area contributed by atoms with Gasteiger partial charge in [0, 0.05) is 21.9 Å². The molecular formula is C20H20N2O2S2. The molecule has 0 saturated heterocycles. The van der Waals surface area contributed by atoms with Gasteiger partial charge in [-0.2, -0.15) is 0 Å². The molecule has 0 unspecified atom stereocenters. The number of ether oxygens (including phenoxy) is 1. The quantitative estimate of drug-likeness (QED) is 0.620. The molecule has 0 aliphatic carbocycles. The van der Waals surface area contributed by atoms with Crippen molar-refractivity contribution >= 4 is 34.7 Å². The number of amides is 1. The van der Waals surface area contributed by atoms with Crippen molar-refractivity contribution in [1.29, 1.82) is 0 Å². The molecule has 2 aromatic heterocycles. The van der Waals surface area contributed by atoms with Crippen molar-refractivity contribution in [1.82, 2.24) is 10.3 Å². The van der Waals surface area contributed by atoms with Crippen LogP contribution in [0.15, 0.2) is 41.8 Å². The minimum Gasteiger partial charge on any atom is -0.496 e. The second-order valence-electron chi connectivity index (χ2n) is 5.81. The van der Waals surface area contributed by atoms with Gasteiger partial charge in [-0.3, -0.25) is 4.79 Å². The highest BCUT2D eigenvalue weighted by atomic mass is 32.1. The summed E-state index contributed by atoms with van der Waals surface area (Å²) in [6.45, 7) is 4.51. The van der Waals surface area contributed by atoms with E-state index in [4.69, 9.17) is 4.74 Å². The van der Waals surface area contributed by atoms with Crippen LogP contribution in [-0.2, 0) is 11.3 Å². The van der Waals surface area contributed by atoms with E-state index in [0.29, 0.717) is 6.54 Å². The van der Waals surface area contributed by atoms with Crippen LogP contribution in [-0.4, -0.2) is 18.0 Å². The van der Waals surface area contributed by atoms with Crippen LogP contribution in [0.25, 0.3) is 16.6 Å². The molecule has 0 saturated carbocycles. The Kier molecular flexibility index (Phi) is 5.85. The largest absolute Gasteiger partial charge is 0.496 e. The molecule has 0 fully saturated rings. The van der Waals surface area contributed by atoms with E-state index >= 15 is 0 Å². The fourth-order valence-corrected chi connectivity index (χ4v) is 4.07. The van der Waals surface area contributed by atoms with Crippen LogP contribution in [0.2, 0.25) is 0 Å². The molecule has 3 rings (SSSR count). The number of hydrogen-bond acceptors (Lipinski definition) is 5. The Morgan fingerprint density at radius 2 is 2.12 bits per heavy atom. The van der Waals surface area contributed by atoms with Gasteiger partial charge in [0.1, 0.15) is 5.75 Å². The zero-order valence-electron chi connectivity index (χ0n) is 14.9. The number of carbonyl (C=O) groups excluding carboxylic acids is 1. The molecule has 134 valence electrons. The lowest BCUT2D eigenvalue weighted by Crippen LogP contribution is -2.19. The standard InChI is InChI=1S/C20H20N2O2S2/c1-13-4-7-18(24-3)15(10-13)5-9-20(23)21-11-16-6-8-19(26-16)17-12-25-14(2)22-17/h4-10,12H,11H2,1-3H3,(H,21,23)/b9-5+. The molecule has 0 spiro atoms. The maximum Gasteiger partial charge on any atom is 0.244 e. The minimum absolute atomic E-state index is 0.131. The molecule has 26 heavy (non-hydrogen) atoms. The van der Waals surface area contributed by atoms with Crippen LogP contribution in [0.1, 0.15) is 21.0 Å². The van der Waals surface area contributed by atoms with Gasteiger partial charge in [0.25, 0.3) is 0 Å². The van der Waals surface area contributed by atoms with Crippen LogP contribution in [0.3, 0.4) is 0 Å². The van der Waals surface area contributed by atoms with E-state index in [9.17, 15) is 4.79 Å². The predicted octanol–water partition coefficient (Wildman–Crippen LogP) is 4.83. The van der Waals surface area contributed by atoms with Gasteiger partial charge in [-0.15, -0.1) is 22.7 Å². The molecule has 0 aliphatic rings. The molecule has 0 bridgehead atoms. The van der Waals surface area contributed by atoms with Gasteiger partial charge in [0.15, 0.2) is 0 Å². The number of benzene rings is 1. The Hall–Kier alpha value is -2.44. The average Bonchev–Trinajstić information content (AvgIpc) is 3.27. The molecule has 0 radical (unpaired) electrons. The molecule has 0 atom stereocenters. The van der Waals surface area contributed by atoms with Crippen LogP contribution < -0.4 is 10.1 Å². The van der Waals surface area contributed by atoms with Gasteiger partial charge in [0.05, 0.1) is 29.2 Å². The summed E-state index contributed by atoms with van der Waals surface area (Å²) in [4.78, 5) is 18.8. The lowest BCUT2D eigenvalue weighted by molar-refractivity contribution is -0.116. The average molecular weight is 385 g/mol. The predicted molar refractivity (Wildman–Crippen MR) is 109 cm³/mol. The molecule has 1 amide bonds. The van der Waals surface area contributed by atoms with Crippen molar-refractivity contribution in [2.75, 3.05) is 7.11 Å². The molecular weight excluding hydrogens is 364 g/mol. The number of aryl methyl sites for hydroxylation is 2. The third kappa shape index (κ3) is 4.59. The number of methoxy groups -OCH3 is 1. The number of rotatable bonds is 6. The second kappa shape index (κ2) is 8.29. The van der Waals surface area contributed by atoms with Crippen molar-refractivity contribution in [2.24, 2.45) is 0 Å². The molecule has 1 N–H and O–H groups in total. The fourth-order valence-electron chi connectivity index (χ4n) is 2.47. The van der Waals surface area contributed by atoms with Crippen LogP contribution in [0.4, 0.5) is 0 Å². The third-order valence-electron chi connectivity index (χ3n) is 3.77. The first-order valence-electron chi connectivity index (χ1n) is 8.17. The van der Waals surface area contributed by atoms with Crippen molar-refractivity contribution < 1.29 is 9.53 Å². The van der Waals surface area contributed by atoms with Gasteiger partial charge in [0.2, 0.25) is 5.91 Å². The summed E-state index contributed by atoms with van der Waals surface area (Å²) in [7, 11) is 1.63. The van der Waals surface area contributed by atoms with E-state index in [-0.39, 0.29) is 5.91 Å². The summed E-state index contributed by atoms with van der Waals surface area (Å²) in [6.07, 6.45) is 3.31. The lowest BCUT2D eigenvalue weighted by atomic mass is 10.1. The SMILES string of the molecule is COc1ccc(C)cc1/C=C/C(=O)NCc1ccc(-c2csc(C)n2)s1. The van der Waals surface area contributed by atoms with E-state index in [1.807, 2.05) is 44.2 Å². The summed E-state index contributed by atoms with van der Waals surface area (Å²) in [5.41, 5.74) is 3.01. The van der Waals surface area contributed by atoms with E-state index in [2.05, 4.69) is 15.7 Å². The van der Waals surface area contributed by atoms with Crippen molar-refractivity contribution in [3.63, 3.8) is 0 Å². The lowest BCUT2D eigenvalue weighted by Gasteiger charge is -2.05. The van der Waals surface area contributed by atoms with Crippen molar-refractivity contribution in [2.45, 2.75) is 20.4 Å². The number of thiazole rings is 1. The molecule has 2 heterocycles. The monoisotopic (exact) mass is 384 g/mol. The van der Waals surface area contributed by atoms with Gasteiger partial charge in [-0.25, -0.2) is 4.98 Å². The zero-order chi connectivity index (χ0) is 18.5. The minimum atomic E-state index is -0.131. The summed E-state index contributed by atoms with van der Waals surface area (Å²) < 4.78 is 5.32. The van der Waals surface area contributed by atoms with Gasteiger partial charge < -0.3 is 10.1 Å². The van der Waals surface area contributed by atoms with Gasteiger partial charge in [-0.05, 0) is 44.2 Å². The molecule has 3 aromatic rings. The molecule has 4 nitrogen and oxygen atoms in total.